The van der Waals surface area contributed by atoms with Crippen LogP contribution in [0.1, 0.15) is 46.0 Å². The zero-order chi connectivity index (χ0) is 21.4. The Morgan fingerprint density at radius 1 is 1.30 bits per heavy atom. The number of benzene rings is 1. The molecule has 10 heteroatoms. The second-order valence-corrected chi connectivity index (χ2v) is 7.43. The van der Waals surface area contributed by atoms with Gasteiger partial charge in [0, 0.05) is 24.6 Å². The second-order valence-electron chi connectivity index (χ2n) is 7.43. The largest absolute Gasteiger partial charge is 0.361 e. The van der Waals surface area contributed by atoms with Crippen LogP contribution in [0.3, 0.4) is 0 Å². The van der Waals surface area contributed by atoms with Gasteiger partial charge in [0.15, 0.2) is 0 Å². The standard InChI is InChI=1S/C20H21F2N5O3/c1-11-16(12(2)30-25-11)10-27-20(29)26-8-7-14(4-6-18(26)24-27)23-19(28)15-9-13(21)3-5-17(15)22/h3,5,9,14H,4,6-8,10H2,1-2H3,(H,23,28). The van der Waals surface area contributed by atoms with Crippen LogP contribution in [-0.2, 0) is 19.5 Å². The molecule has 0 aliphatic carbocycles. The van der Waals surface area contributed by atoms with Crippen molar-refractivity contribution in [1.29, 1.82) is 0 Å². The smallest absolute Gasteiger partial charge is 0.346 e. The van der Waals surface area contributed by atoms with E-state index in [1.807, 2.05) is 6.92 Å². The molecule has 1 aliphatic heterocycles. The molecule has 0 spiro atoms. The van der Waals surface area contributed by atoms with Gasteiger partial charge in [0.1, 0.15) is 23.2 Å². The molecule has 3 aromatic rings. The monoisotopic (exact) mass is 417 g/mol. The van der Waals surface area contributed by atoms with E-state index in [1.165, 1.54) is 4.68 Å². The quantitative estimate of drug-likeness (QED) is 0.702. The predicted octanol–water partition coefficient (Wildman–Crippen LogP) is 2.11. The molecule has 4 rings (SSSR count). The number of aryl methyl sites for hydroxylation is 3. The highest BCUT2D eigenvalue weighted by atomic mass is 19.1. The van der Waals surface area contributed by atoms with Gasteiger partial charge in [0.05, 0.1) is 17.8 Å². The van der Waals surface area contributed by atoms with Crippen molar-refractivity contribution in [1.82, 2.24) is 24.8 Å². The lowest BCUT2D eigenvalue weighted by Gasteiger charge is -2.16. The van der Waals surface area contributed by atoms with Gasteiger partial charge in [-0.05, 0) is 44.9 Å². The summed E-state index contributed by atoms with van der Waals surface area (Å²) in [4.78, 5) is 25.1. The number of rotatable bonds is 4. The fourth-order valence-corrected chi connectivity index (χ4v) is 3.69. The number of nitrogens with one attached hydrogen (secondary N) is 1. The molecule has 158 valence electrons. The number of aromatic nitrogens is 4. The van der Waals surface area contributed by atoms with E-state index in [0.717, 1.165) is 29.5 Å². The van der Waals surface area contributed by atoms with E-state index in [0.29, 0.717) is 37.4 Å². The van der Waals surface area contributed by atoms with Crippen LogP contribution in [0.5, 0.6) is 0 Å². The fourth-order valence-electron chi connectivity index (χ4n) is 3.69. The molecule has 1 unspecified atom stereocenters. The van der Waals surface area contributed by atoms with Crippen LogP contribution in [0, 0.1) is 25.5 Å². The van der Waals surface area contributed by atoms with Crippen molar-refractivity contribution in [3.63, 3.8) is 0 Å². The lowest BCUT2D eigenvalue weighted by molar-refractivity contribution is 0.0928. The van der Waals surface area contributed by atoms with Gasteiger partial charge >= 0.3 is 5.69 Å². The first-order valence-corrected chi connectivity index (χ1v) is 9.67. The highest BCUT2D eigenvalue weighted by Gasteiger charge is 2.24. The van der Waals surface area contributed by atoms with Gasteiger partial charge < -0.3 is 9.84 Å². The maximum Gasteiger partial charge on any atom is 0.346 e. The Labute approximate surface area is 170 Å². The van der Waals surface area contributed by atoms with Gasteiger partial charge in [-0.1, -0.05) is 5.16 Å². The van der Waals surface area contributed by atoms with Crippen LogP contribution in [-0.4, -0.2) is 31.5 Å². The minimum Gasteiger partial charge on any atom is -0.361 e. The van der Waals surface area contributed by atoms with Crippen LogP contribution in [0.2, 0.25) is 0 Å². The summed E-state index contributed by atoms with van der Waals surface area (Å²) in [6, 6.07) is 2.48. The molecule has 1 aliphatic rings. The Hall–Kier alpha value is -3.30. The van der Waals surface area contributed by atoms with Crippen LogP contribution in [0.4, 0.5) is 8.78 Å². The number of carbonyl (C=O) groups excluding carboxylic acids is 1. The molecule has 1 amide bonds. The molecule has 0 saturated carbocycles. The summed E-state index contributed by atoms with van der Waals surface area (Å²) in [7, 11) is 0. The Balaban J connectivity index is 1.46. The molecular weight excluding hydrogens is 396 g/mol. The normalized spacial score (nSPS) is 16.2. The Kier molecular flexibility index (Phi) is 5.23. The van der Waals surface area contributed by atoms with E-state index in [1.54, 1.807) is 11.5 Å². The first-order chi connectivity index (χ1) is 14.3. The van der Waals surface area contributed by atoms with Gasteiger partial charge in [-0.2, -0.15) is 5.10 Å². The van der Waals surface area contributed by atoms with Crippen molar-refractivity contribution in [2.75, 3.05) is 0 Å². The molecule has 1 aromatic carbocycles. The van der Waals surface area contributed by atoms with Crippen molar-refractivity contribution >= 4 is 5.91 Å². The van der Waals surface area contributed by atoms with E-state index in [-0.39, 0.29) is 23.8 Å². The van der Waals surface area contributed by atoms with Crippen molar-refractivity contribution < 1.29 is 18.1 Å². The zero-order valence-electron chi connectivity index (χ0n) is 16.6. The van der Waals surface area contributed by atoms with Crippen LogP contribution >= 0.6 is 0 Å². The van der Waals surface area contributed by atoms with Crippen LogP contribution in [0.25, 0.3) is 0 Å². The lowest BCUT2D eigenvalue weighted by Crippen LogP contribution is -2.36. The first kappa shape index (κ1) is 20.0. The third-order valence-corrected chi connectivity index (χ3v) is 5.41. The molecule has 0 fully saturated rings. The molecule has 3 heterocycles. The Bertz CT molecular complexity index is 1140. The third kappa shape index (κ3) is 3.77. The number of hydrogen-bond donors (Lipinski definition) is 1. The molecule has 0 radical (unpaired) electrons. The summed E-state index contributed by atoms with van der Waals surface area (Å²) in [5.41, 5.74) is 0.967. The Morgan fingerprint density at radius 2 is 2.10 bits per heavy atom. The number of fused-ring (bicyclic) bond motifs is 1. The fraction of sp³-hybridized carbons (Fsp3) is 0.400. The van der Waals surface area contributed by atoms with Gasteiger partial charge in [-0.3, -0.25) is 9.36 Å². The van der Waals surface area contributed by atoms with Gasteiger partial charge in [0.2, 0.25) is 0 Å². The number of amides is 1. The van der Waals surface area contributed by atoms with E-state index < -0.39 is 17.5 Å². The first-order valence-electron chi connectivity index (χ1n) is 9.67. The van der Waals surface area contributed by atoms with E-state index >= 15 is 0 Å². The predicted molar refractivity (Wildman–Crippen MR) is 102 cm³/mol. The van der Waals surface area contributed by atoms with E-state index in [9.17, 15) is 18.4 Å². The number of carbonyl (C=O) groups is 1. The van der Waals surface area contributed by atoms with Crippen molar-refractivity contribution in [2.24, 2.45) is 0 Å². The van der Waals surface area contributed by atoms with Crippen molar-refractivity contribution in [3.05, 3.63) is 68.7 Å². The lowest BCUT2D eigenvalue weighted by atomic mass is 10.1. The highest BCUT2D eigenvalue weighted by Crippen LogP contribution is 2.16. The number of halogens is 2. The van der Waals surface area contributed by atoms with Gasteiger partial charge in [-0.25, -0.2) is 18.3 Å². The summed E-state index contributed by atoms with van der Waals surface area (Å²) in [6.07, 6.45) is 1.48. The van der Waals surface area contributed by atoms with Crippen LogP contribution < -0.4 is 11.0 Å². The summed E-state index contributed by atoms with van der Waals surface area (Å²) in [6.45, 7) is 4.24. The van der Waals surface area contributed by atoms with E-state index in [2.05, 4.69) is 15.6 Å². The molecule has 0 saturated heterocycles. The Morgan fingerprint density at radius 3 is 2.83 bits per heavy atom. The summed E-state index contributed by atoms with van der Waals surface area (Å²) < 4.78 is 35.3. The number of hydrogen-bond acceptors (Lipinski definition) is 5. The molecule has 2 aromatic heterocycles. The minimum absolute atomic E-state index is 0.242. The maximum atomic E-state index is 13.8. The summed E-state index contributed by atoms with van der Waals surface area (Å²) in [5, 5.41) is 11.1. The maximum absolute atomic E-state index is 13.8. The SMILES string of the molecule is Cc1noc(C)c1Cn1nc2n(c1=O)CCC(NC(=O)c1cc(F)ccc1F)CC2. The highest BCUT2D eigenvalue weighted by molar-refractivity contribution is 5.94. The molecule has 1 atom stereocenters. The van der Waals surface area contributed by atoms with Crippen molar-refractivity contribution in [2.45, 2.75) is 52.2 Å². The molecule has 30 heavy (non-hydrogen) atoms. The van der Waals surface area contributed by atoms with Gasteiger partial charge in [-0.15, -0.1) is 0 Å². The minimum atomic E-state index is -0.780. The van der Waals surface area contributed by atoms with Gasteiger partial charge in [0.25, 0.3) is 5.91 Å². The number of nitrogens with zero attached hydrogens (tertiary/aromatic N) is 4. The summed E-state index contributed by atoms with van der Waals surface area (Å²) >= 11 is 0. The molecule has 0 bridgehead atoms. The van der Waals surface area contributed by atoms with Crippen molar-refractivity contribution in [3.8, 4) is 0 Å². The summed E-state index contributed by atoms with van der Waals surface area (Å²) in [5.74, 6) is -0.859. The zero-order valence-corrected chi connectivity index (χ0v) is 16.6. The molecular formula is C20H21F2N5O3. The average molecular weight is 417 g/mol. The average Bonchev–Trinajstić information content (AvgIpc) is 3.10. The second kappa shape index (κ2) is 7.85. The van der Waals surface area contributed by atoms with Crippen LogP contribution in [0.15, 0.2) is 27.5 Å². The third-order valence-electron chi connectivity index (χ3n) is 5.41. The molecule has 1 N–H and O–H groups in total. The topological polar surface area (TPSA) is 94.9 Å². The molecule has 8 nitrogen and oxygen atoms in total. The van der Waals surface area contributed by atoms with E-state index in [4.69, 9.17) is 4.52 Å².